The lowest BCUT2D eigenvalue weighted by Gasteiger charge is -2.33. The van der Waals surface area contributed by atoms with Crippen molar-refractivity contribution in [2.24, 2.45) is 5.92 Å². The summed E-state index contributed by atoms with van der Waals surface area (Å²) in [6.07, 6.45) is 26.0. The minimum atomic E-state index is -4.41. The molecule has 0 N–H and O–H groups in total. The SMILES string of the molecule is CCCCCCCCCCCCCCCC[N+](C)(C)CC(CC)CCCC.COS(=O)(=O)[O-]. The molecule has 0 rings (SSSR count). The van der Waals surface area contributed by atoms with Gasteiger partial charge in [-0.1, -0.05) is 111 Å². The van der Waals surface area contributed by atoms with Crippen molar-refractivity contribution in [2.45, 2.75) is 136 Å². The molecule has 33 heavy (non-hydrogen) atoms. The molecule has 0 saturated heterocycles. The van der Waals surface area contributed by atoms with Crippen LogP contribution in [0.25, 0.3) is 0 Å². The number of nitrogens with zero attached hydrogens (tertiary/aromatic N) is 1. The second kappa shape index (κ2) is 23.6. The molecule has 0 saturated carbocycles. The lowest BCUT2D eigenvalue weighted by Crippen LogP contribution is -2.44. The largest absolute Gasteiger partial charge is 0.726 e. The van der Waals surface area contributed by atoms with Crippen LogP contribution in [0.1, 0.15) is 136 Å². The highest BCUT2D eigenvalue weighted by molar-refractivity contribution is 7.80. The smallest absolute Gasteiger partial charge is 0.217 e. The maximum absolute atomic E-state index is 9.22. The zero-order valence-electron chi connectivity index (χ0n) is 23.2. The molecule has 0 bridgehead atoms. The van der Waals surface area contributed by atoms with Crippen LogP contribution >= 0.6 is 0 Å². The Morgan fingerprint density at radius 3 is 1.39 bits per heavy atom. The average Bonchev–Trinajstić information content (AvgIpc) is 2.76. The fraction of sp³-hybridized carbons (Fsp3) is 1.00. The van der Waals surface area contributed by atoms with E-state index in [9.17, 15) is 13.0 Å². The Morgan fingerprint density at radius 2 is 1.06 bits per heavy atom. The van der Waals surface area contributed by atoms with Crippen LogP contribution in [0.5, 0.6) is 0 Å². The van der Waals surface area contributed by atoms with Gasteiger partial charge in [0.15, 0.2) is 0 Å². The summed E-state index contributed by atoms with van der Waals surface area (Å²) in [5.74, 6) is 0.937. The molecule has 0 aliphatic carbocycles. The quantitative estimate of drug-likeness (QED) is 0.0666. The van der Waals surface area contributed by atoms with Gasteiger partial charge in [-0.05, 0) is 25.7 Å². The second-order valence-electron chi connectivity index (χ2n) is 10.4. The van der Waals surface area contributed by atoms with Crippen LogP contribution in [-0.4, -0.2) is 51.7 Å². The number of quaternary nitrogens is 1. The van der Waals surface area contributed by atoms with Gasteiger partial charge < -0.3 is 9.04 Å². The third kappa shape index (κ3) is 29.8. The van der Waals surface area contributed by atoms with Gasteiger partial charge in [-0.2, -0.15) is 0 Å². The Labute approximate surface area is 208 Å². The van der Waals surface area contributed by atoms with Crippen LogP contribution in [0, 0.1) is 5.92 Å². The minimum absolute atomic E-state index is 0.808. The van der Waals surface area contributed by atoms with Crippen LogP contribution in [0.3, 0.4) is 0 Å². The highest BCUT2D eigenvalue weighted by Crippen LogP contribution is 2.18. The highest BCUT2D eigenvalue weighted by atomic mass is 32.3. The van der Waals surface area contributed by atoms with Crippen molar-refractivity contribution in [2.75, 3.05) is 34.3 Å². The summed E-state index contributed by atoms with van der Waals surface area (Å²) in [7, 11) is 1.31. The van der Waals surface area contributed by atoms with E-state index in [-0.39, 0.29) is 0 Å². The Morgan fingerprint density at radius 1 is 0.697 bits per heavy atom. The molecule has 202 valence electrons. The first-order valence-corrected chi connectivity index (χ1v) is 15.3. The van der Waals surface area contributed by atoms with Crippen LogP contribution in [0.2, 0.25) is 0 Å². The molecule has 5 nitrogen and oxygen atoms in total. The molecule has 0 amide bonds. The van der Waals surface area contributed by atoms with Crippen molar-refractivity contribution >= 4 is 10.4 Å². The standard InChI is InChI=1S/C26H56N.CH4O4S/c1-6-9-11-12-13-14-15-16-17-18-19-20-21-22-24-27(4,5)25-26(8-3)23-10-7-2;1-5-6(2,3)4/h26H,6-25H2,1-5H3;1H3,(H,2,3,4)/q+1;/p-1. The summed E-state index contributed by atoms with van der Waals surface area (Å²) in [6.45, 7) is 9.76. The first kappa shape index (κ1) is 35.0. The van der Waals surface area contributed by atoms with Gasteiger partial charge in [-0.25, -0.2) is 8.42 Å². The lowest BCUT2D eigenvalue weighted by atomic mass is 9.98. The van der Waals surface area contributed by atoms with E-state index in [1.807, 2.05) is 0 Å². The molecule has 0 aromatic carbocycles. The van der Waals surface area contributed by atoms with Crippen LogP contribution in [0.15, 0.2) is 0 Å². The Balaban J connectivity index is 0. The zero-order chi connectivity index (χ0) is 25.4. The molecule has 0 aromatic heterocycles. The topological polar surface area (TPSA) is 66.4 Å². The molecular weight excluding hydrogens is 434 g/mol. The van der Waals surface area contributed by atoms with Gasteiger partial charge in [-0.15, -0.1) is 0 Å². The van der Waals surface area contributed by atoms with Crippen molar-refractivity contribution < 1.29 is 21.6 Å². The van der Waals surface area contributed by atoms with Crippen molar-refractivity contribution in [3.8, 4) is 0 Å². The number of rotatable bonds is 22. The van der Waals surface area contributed by atoms with E-state index in [2.05, 4.69) is 39.0 Å². The van der Waals surface area contributed by atoms with E-state index < -0.39 is 10.4 Å². The first-order valence-electron chi connectivity index (χ1n) is 13.9. The summed E-state index contributed by atoms with van der Waals surface area (Å²) >= 11 is 0. The Hall–Kier alpha value is -0.170. The Bertz CT molecular complexity index is 494. The maximum Gasteiger partial charge on any atom is 0.217 e. The van der Waals surface area contributed by atoms with Crippen molar-refractivity contribution in [1.29, 1.82) is 0 Å². The van der Waals surface area contributed by atoms with Gasteiger partial charge in [0.2, 0.25) is 10.4 Å². The lowest BCUT2D eigenvalue weighted by molar-refractivity contribution is -0.894. The van der Waals surface area contributed by atoms with Gasteiger partial charge in [0.05, 0.1) is 34.3 Å². The molecule has 0 heterocycles. The van der Waals surface area contributed by atoms with E-state index in [1.54, 1.807) is 0 Å². The Kier molecular flexibility index (Phi) is 25.0. The average molecular weight is 494 g/mol. The summed E-state index contributed by atoms with van der Waals surface area (Å²) in [6, 6.07) is 0. The van der Waals surface area contributed by atoms with Gasteiger partial charge in [0.25, 0.3) is 0 Å². The van der Waals surface area contributed by atoms with Crippen LogP contribution in [0.4, 0.5) is 0 Å². The van der Waals surface area contributed by atoms with Gasteiger partial charge in [-0.3, -0.25) is 4.18 Å². The molecule has 0 aliphatic heterocycles. The summed E-state index contributed by atoms with van der Waals surface area (Å²) in [5.41, 5.74) is 0. The number of hydrogen-bond donors (Lipinski definition) is 0. The fourth-order valence-corrected chi connectivity index (χ4v) is 4.44. The maximum atomic E-state index is 9.22. The summed E-state index contributed by atoms with van der Waals surface area (Å²) in [4.78, 5) is 0. The normalized spacial score (nSPS) is 12.9. The van der Waals surface area contributed by atoms with Crippen molar-refractivity contribution in [3.63, 3.8) is 0 Å². The van der Waals surface area contributed by atoms with Crippen LogP contribution < -0.4 is 0 Å². The predicted octanol–water partition coefficient (Wildman–Crippen LogP) is 7.85. The molecule has 0 aliphatic rings. The molecule has 1 unspecified atom stereocenters. The van der Waals surface area contributed by atoms with E-state index >= 15 is 0 Å². The number of unbranched alkanes of at least 4 members (excludes halogenated alkanes) is 14. The molecular formula is C27H59NO4S. The molecule has 0 aromatic rings. The van der Waals surface area contributed by atoms with Crippen molar-refractivity contribution in [3.05, 3.63) is 0 Å². The molecule has 1 atom stereocenters. The van der Waals surface area contributed by atoms with Crippen LogP contribution in [-0.2, 0) is 14.6 Å². The molecule has 0 radical (unpaired) electrons. The van der Waals surface area contributed by atoms with Gasteiger partial charge in [0.1, 0.15) is 0 Å². The predicted molar refractivity (Wildman–Crippen MR) is 142 cm³/mol. The third-order valence-electron chi connectivity index (χ3n) is 6.62. The second-order valence-corrected chi connectivity index (χ2v) is 11.6. The number of hydrogen-bond acceptors (Lipinski definition) is 4. The van der Waals surface area contributed by atoms with E-state index in [0.29, 0.717) is 0 Å². The summed E-state index contributed by atoms with van der Waals surface area (Å²) in [5, 5.41) is 0. The summed E-state index contributed by atoms with van der Waals surface area (Å²) < 4.78 is 32.3. The molecule has 6 heteroatoms. The molecule has 0 fully saturated rings. The first-order chi connectivity index (χ1) is 15.6. The van der Waals surface area contributed by atoms with Crippen molar-refractivity contribution in [1.82, 2.24) is 0 Å². The van der Waals surface area contributed by atoms with Gasteiger partial charge >= 0.3 is 0 Å². The van der Waals surface area contributed by atoms with E-state index in [0.717, 1.165) is 13.0 Å². The molecule has 0 spiro atoms. The fourth-order valence-electron chi connectivity index (χ4n) is 4.44. The monoisotopic (exact) mass is 493 g/mol. The van der Waals surface area contributed by atoms with E-state index in [4.69, 9.17) is 0 Å². The van der Waals surface area contributed by atoms with Gasteiger partial charge in [0, 0.05) is 5.92 Å². The third-order valence-corrected chi connectivity index (χ3v) is 7.03. The highest BCUT2D eigenvalue weighted by Gasteiger charge is 2.20. The minimum Gasteiger partial charge on any atom is -0.726 e. The zero-order valence-corrected chi connectivity index (χ0v) is 24.0. The van der Waals surface area contributed by atoms with E-state index in [1.165, 1.54) is 133 Å².